The largest absolute Gasteiger partial charge is 0.497 e. The average Bonchev–Trinajstić information content (AvgIpc) is 3.30. The standard InChI is InChI=1S/C28H20ClN3O2/c1-33-21-11-12-25-26(15-21)32-28(31-25)20(16-30)14-23-22-8-4-2-6-18(22)10-13-27(23)34-17-19-7-3-5-9-24(19)29/h2-15H,17H2,1H3,(H,31,32)/b20-14-. The van der Waals surface area contributed by atoms with E-state index in [1.54, 1.807) is 7.11 Å². The normalized spacial score (nSPS) is 11.5. The lowest BCUT2D eigenvalue weighted by atomic mass is 10.0. The Morgan fingerprint density at radius 3 is 2.71 bits per heavy atom. The first-order valence-corrected chi connectivity index (χ1v) is 11.1. The Morgan fingerprint density at radius 2 is 1.88 bits per heavy atom. The molecule has 0 aliphatic heterocycles. The Kier molecular flexibility index (Phi) is 5.90. The van der Waals surface area contributed by atoms with Crippen molar-refractivity contribution in [2.75, 3.05) is 7.11 Å². The summed E-state index contributed by atoms with van der Waals surface area (Å²) in [4.78, 5) is 7.84. The second kappa shape index (κ2) is 9.30. The van der Waals surface area contributed by atoms with Gasteiger partial charge >= 0.3 is 0 Å². The zero-order valence-electron chi connectivity index (χ0n) is 18.4. The number of ether oxygens (including phenoxy) is 2. The number of nitrogens with one attached hydrogen (secondary N) is 1. The summed E-state index contributed by atoms with van der Waals surface area (Å²) in [6.07, 6.45) is 1.82. The number of nitrogens with zero attached hydrogens (tertiary/aromatic N) is 2. The molecule has 0 aliphatic carbocycles. The van der Waals surface area contributed by atoms with Crippen LogP contribution < -0.4 is 9.47 Å². The molecular weight excluding hydrogens is 446 g/mol. The van der Waals surface area contributed by atoms with Crippen LogP contribution in [0.1, 0.15) is 17.0 Å². The molecule has 4 aromatic carbocycles. The summed E-state index contributed by atoms with van der Waals surface area (Å²) in [6.45, 7) is 0.311. The minimum atomic E-state index is 0.311. The maximum absolute atomic E-state index is 10.0. The van der Waals surface area contributed by atoms with Gasteiger partial charge in [-0.3, -0.25) is 0 Å². The van der Waals surface area contributed by atoms with E-state index in [0.29, 0.717) is 28.8 Å². The van der Waals surface area contributed by atoms with Crippen LogP contribution in [0.2, 0.25) is 5.02 Å². The summed E-state index contributed by atoms with van der Waals surface area (Å²) < 4.78 is 11.5. The Morgan fingerprint density at radius 1 is 1.06 bits per heavy atom. The number of hydrogen-bond donors (Lipinski definition) is 1. The molecule has 166 valence electrons. The number of fused-ring (bicyclic) bond motifs is 2. The van der Waals surface area contributed by atoms with Crippen LogP contribution in [0.15, 0.2) is 78.9 Å². The highest BCUT2D eigenvalue weighted by atomic mass is 35.5. The fourth-order valence-electron chi connectivity index (χ4n) is 3.86. The number of aromatic nitrogens is 2. The summed E-state index contributed by atoms with van der Waals surface area (Å²) in [6, 6.07) is 27.4. The average molecular weight is 466 g/mol. The number of halogens is 1. The summed E-state index contributed by atoms with van der Waals surface area (Å²) in [7, 11) is 1.61. The number of methoxy groups -OCH3 is 1. The lowest BCUT2D eigenvalue weighted by Gasteiger charge is -2.13. The third-order valence-electron chi connectivity index (χ3n) is 5.62. The number of allylic oxidation sites excluding steroid dienone is 1. The highest BCUT2D eigenvalue weighted by molar-refractivity contribution is 6.31. The van der Waals surface area contributed by atoms with Crippen LogP contribution in [0.5, 0.6) is 11.5 Å². The van der Waals surface area contributed by atoms with Gasteiger partial charge in [0.15, 0.2) is 0 Å². The van der Waals surface area contributed by atoms with Crippen LogP contribution in [0.25, 0.3) is 33.5 Å². The van der Waals surface area contributed by atoms with E-state index in [1.807, 2.05) is 84.9 Å². The molecule has 6 heteroatoms. The van der Waals surface area contributed by atoms with Crippen LogP contribution in [0, 0.1) is 11.3 Å². The molecule has 0 atom stereocenters. The van der Waals surface area contributed by atoms with E-state index in [-0.39, 0.29) is 0 Å². The maximum Gasteiger partial charge on any atom is 0.149 e. The highest BCUT2D eigenvalue weighted by Gasteiger charge is 2.13. The summed E-state index contributed by atoms with van der Waals surface area (Å²) in [5.74, 6) is 1.86. The number of nitriles is 1. The minimum Gasteiger partial charge on any atom is -0.497 e. The van der Waals surface area contributed by atoms with Crippen LogP contribution in [-0.4, -0.2) is 17.1 Å². The SMILES string of the molecule is COc1ccc2nc(/C(C#N)=C\c3c(OCc4ccccc4Cl)ccc4ccccc34)[nH]c2c1. The van der Waals surface area contributed by atoms with Crippen molar-refractivity contribution >= 4 is 45.1 Å². The molecule has 34 heavy (non-hydrogen) atoms. The van der Waals surface area contributed by atoms with E-state index < -0.39 is 0 Å². The monoisotopic (exact) mass is 465 g/mol. The molecule has 0 bridgehead atoms. The van der Waals surface area contributed by atoms with Gasteiger partial charge in [0.1, 0.15) is 30.0 Å². The van der Waals surface area contributed by atoms with Gasteiger partial charge in [0.05, 0.1) is 23.7 Å². The molecule has 0 spiro atoms. The quantitative estimate of drug-likeness (QED) is 0.273. The predicted octanol–water partition coefficient (Wildman–Crippen LogP) is 7.02. The van der Waals surface area contributed by atoms with Crippen LogP contribution >= 0.6 is 11.6 Å². The van der Waals surface area contributed by atoms with Gasteiger partial charge < -0.3 is 14.5 Å². The molecule has 0 amide bonds. The Balaban J connectivity index is 1.60. The van der Waals surface area contributed by atoms with Gasteiger partial charge in [0, 0.05) is 22.2 Å². The first-order valence-electron chi connectivity index (χ1n) is 10.7. The van der Waals surface area contributed by atoms with E-state index in [0.717, 1.165) is 38.7 Å². The molecule has 0 aliphatic rings. The molecule has 1 heterocycles. The van der Waals surface area contributed by atoms with Crippen molar-refractivity contribution in [2.24, 2.45) is 0 Å². The fraction of sp³-hybridized carbons (Fsp3) is 0.0714. The summed E-state index contributed by atoms with van der Waals surface area (Å²) in [5.41, 5.74) is 3.64. The second-order valence-electron chi connectivity index (χ2n) is 7.72. The molecule has 1 N–H and O–H groups in total. The minimum absolute atomic E-state index is 0.311. The van der Waals surface area contributed by atoms with E-state index >= 15 is 0 Å². The van der Waals surface area contributed by atoms with Crippen molar-refractivity contribution in [1.82, 2.24) is 9.97 Å². The fourth-order valence-corrected chi connectivity index (χ4v) is 4.05. The first-order chi connectivity index (χ1) is 16.7. The van der Waals surface area contributed by atoms with Crippen LogP contribution in [0.3, 0.4) is 0 Å². The molecule has 5 nitrogen and oxygen atoms in total. The Hall–Kier alpha value is -4.27. The van der Waals surface area contributed by atoms with Crippen molar-refractivity contribution in [3.05, 3.63) is 101 Å². The zero-order chi connectivity index (χ0) is 23.5. The van der Waals surface area contributed by atoms with Crippen LogP contribution in [0.4, 0.5) is 0 Å². The maximum atomic E-state index is 10.0. The number of hydrogen-bond acceptors (Lipinski definition) is 4. The van der Waals surface area contributed by atoms with Crippen molar-refractivity contribution in [3.63, 3.8) is 0 Å². The molecule has 0 radical (unpaired) electrons. The van der Waals surface area contributed by atoms with E-state index in [9.17, 15) is 5.26 Å². The number of benzene rings is 4. The predicted molar refractivity (Wildman–Crippen MR) is 136 cm³/mol. The smallest absolute Gasteiger partial charge is 0.149 e. The number of aromatic amines is 1. The van der Waals surface area contributed by atoms with Gasteiger partial charge in [-0.2, -0.15) is 5.26 Å². The van der Waals surface area contributed by atoms with Gasteiger partial charge in [-0.1, -0.05) is 60.1 Å². The van der Waals surface area contributed by atoms with E-state index in [2.05, 4.69) is 16.0 Å². The molecule has 0 unspecified atom stereocenters. The molecule has 1 aromatic heterocycles. The van der Waals surface area contributed by atoms with Gasteiger partial charge in [-0.15, -0.1) is 0 Å². The zero-order valence-corrected chi connectivity index (χ0v) is 19.1. The van der Waals surface area contributed by atoms with Crippen molar-refractivity contribution in [2.45, 2.75) is 6.61 Å². The molecule has 5 rings (SSSR count). The molecule has 0 saturated carbocycles. The van der Waals surface area contributed by atoms with Gasteiger partial charge in [-0.05, 0) is 41.1 Å². The lowest BCUT2D eigenvalue weighted by molar-refractivity contribution is 0.306. The number of rotatable bonds is 6. The number of imidazole rings is 1. The lowest BCUT2D eigenvalue weighted by Crippen LogP contribution is -1.98. The highest BCUT2D eigenvalue weighted by Crippen LogP contribution is 2.33. The number of H-pyrrole nitrogens is 1. The van der Waals surface area contributed by atoms with Crippen LogP contribution in [-0.2, 0) is 6.61 Å². The van der Waals surface area contributed by atoms with Crippen molar-refractivity contribution in [3.8, 4) is 17.6 Å². The van der Waals surface area contributed by atoms with E-state index in [4.69, 9.17) is 21.1 Å². The second-order valence-corrected chi connectivity index (χ2v) is 8.12. The van der Waals surface area contributed by atoms with E-state index in [1.165, 1.54) is 0 Å². The molecule has 0 saturated heterocycles. The first kappa shape index (κ1) is 21.6. The summed E-state index contributed by atoms with van der Waals surface area (Å²) >= 11 is 6.32. The Bertz CT molecular complexity index is 1580. The molecular formula is C28H20ClN3O2. The molecule has 0 fully saturated rings. The van der Waals surface area contributed by atoms with Gasteiger partial charge in [0.2, 0.25) is 0 Å². The topological polar surface area (TPSA) is 70.9 Å². The third-order valence-corrected chi connectivity index (χ3v) is 5.99. The van der Waals surface area contributed by atoms with Crippen molar-refractivity contribution in [1.29, 1.82) is 5.26 Å². The van der Waals surface area contributed by atoms with Gasteiger partial charge in [-0.25, -0.2) is 4.98 Å². The Labute approximate surface area is 201 Å². The third kappa shape index (κ3) is 4.19. The van der Waals surface area contributed by atoms with Crippen molar-refractivity contribution < 1.29 is 9.47 Å². The van der Waals surface area contributed by atoms with Gasteiger partial charge in [0.25, 0.3) is 0 Å². The summed E-state index contributed by atoms with van der Waals surface area (Å²) in [5, 5.41) is 12.7. The molecule has 5 aromatic rings.